The molecular formula is C30H33Cl2N5O5S. The standard InChI is InChI=1S/C30H33Cl2N5O5S/c31-24-5-2-6-25(32)28(24)37-26(27(33-35-37)20-7-8-20)18-42-30-12-9-19(16-30)17-36(30)22-4-1-3-21(15-22)29(38)34-43(39,40)23-10-13-41-14-11-23/h1-6,15,19-20,23H,7-14,16-18H2,(H,34,38)/t19-,30-/m0/s1. The van der Waals surface area contributed by atoms with Crippen LogP contribution in [0.4, 0.5) is 5.69 Å². The zero-order valence-corrected chi connectivity index (χ0v) is 25.9. The Morgan fingerprint density at radius 3 is 2.53 bits per heavy atom. The highest BCUT2D eigenvalue weighted by atomic mass is 35.5. The number of anilines is 1. The van der Waals surface area contributed by atoms with Crippen LogP contribution in [0.5, 0.6) is 0 Å². The molecule has 7 rings (SSSR count). The number of sulfonamides is 1. The fourth-order valence-corrected chi connectivity index (χ4v) is 8.64. The van der Waals surface area contributed by atoms with E-state index >= 15 is 0 Å². The van der Waals surface area contributed by atoms with Crippen LogP contribution in [0.2, 0.25) is 10.0 Å². The summed E-state index contributed by atoms with van der Waals surface area (Å²) < 4.78 is 41.9. The van der Waals surface area contributed by atoms with E-state index in [4.69, 9.17) is 32.7 Å². The minimum atomic E-state index is -3.81. The number of nitrogens with one attached hydrogen (secondary N) is 1. The quantitative estimate of drug-likeness (QED) is 0.337. The first-order valence-electron chi connectivity index (χ1n) is 14.8. The summed E-state index contributed by atoms with van der Waals surface area (Å²) in [5.74, 6) is 0.165. The van der Waals surface area contributed by atoms with Crippen molar-refractivity contribution >= 4 is 44.8 Å². The molecule has 2 saturated carbocycles. The molecule has 2 atom stereocenters. The van der Waals surface area contributed by atoms with Gasteiger partial charge < -0.3 is 14.4 Å². The number of hydrogen-bond acceptors (Lipinski definition) is 8. The number of para-hydroxylation sites is 1. The van der Waals surface area contributed by atoms with Crippen molar-refractivity contribution < 1.29 is 22.7 Å². The van der Waals surface area contributed by atoms with Crippen molar-refractivity contribution in [3.8, 4) is 5.69 Å². The van der Waals surface area contributed by atoms with E-state index < -0.39 is 26.9 Å². The fourth-order valence-electron chi connectivity index (χ4n) is 6.73. The van der Waals surface area contributed by atoms with Crippen molar-refractivity contribution in [2.45, 2.75) is 68.4 Å². The van der Waals surface area contributed by atoms with E-state index in [0.717, 1.165) is 55.7 Å². The highest BCUT2D eigenvalue weighted by Crippen LogP contribution is 2.50. The van der Waals surface area contributed by atoms with Gasteiger partial charge in [0.15, 0.2) is 0 Å². The van der Waals surface area contributed by atoms with Crippen molar-refractivity contribution in [3.05, 3.63) is 69.5 Å². The number of nitrogens with zero attached hydrogens (tertiary/aromatic N) is 4. The molecule has 228 valence electrons. The number of halogens is 2. The molecule has 2 aromatic carbocycles. The molecule has 1 amide bonds. The third-order valence-electron chi connectivity index (χ3n) is 9.13. The van der Waals surface area contributed by atoms with E-state index in [1.54, 1.807) is 41.1 Å². The van der Waals surface area contributed by atoms with Gasteiger partial charge in [-0.05, 0) is 81.2 Å². The van der Waals surface area contributed by atoms with Gasteiger partial charge in [0.25, 0.3) is 5.91 Å². The number of fused-ring (bicyclic) bond motifs is 2. The van der Waals surface area contributed by atoms with Crippen molar-refractivity contribution in [1.29, 1.82) is 0 Å². The first kappa shape index (κ1) is 29.0. The highest BCUT2D eigenvalue weighted by molar-refractivity contribution is 7.90. The molecule has 0 unspecified atom stereocenters. The summed E-state index contributed by atoms with van der Waals surface area (Å²) in [7, 11) is -3.81. The van der Waals surface area contributed by atoms with Gasteiger partial charge in [0.2, 0.25) is 10.0 Å². The molecule has 2 bridgehead atoms. The molecule has 0 radical (unpaired) electrons. The molecule has 43 heavy (non-hydrogen) atoms. The molecule has 4 fully saturated rings. The van der Waals surface area contributed by atoms with Crippen LogP contribution in [0.1, 0.15) is 72.6 Å². The van der Waals surface area contributed by atoms with Gasteiger partial charge in [-0.15, -0.1) is 5.10 Å². The Bertz CT molecular complexity index is 1640. The number of rotatable bonds is 9. The Balaban J connectivity index is 1.14. The maximum absolute atomic E-state index is 13.1. The van der Waals surface area contributed by atoms with Crippen LogP contribution in [-0.4, -0.2) is 60.1 Å². The van der Waals surface area contributed by atoms with Gasteiger partial charge in [0, 0.05) is 36.9 Å². The minimum Gasteiger partial charge on any atom is -0.381 e. The highest BCUT2D eigenvalue weighted by Gasteiger charge is 2.52. The lowest BCUT2D eigenvalue weighted by molar-refractivity contribution is -0.0471. The number of carbonyl (C=O) groups excluding carboxylic acids is 1. The van der Waals surface area contributed by atoms with E-state index in [0.29, 0.717) is 53.6 Å². The van der Waals surface area contributed by atoms with E-state index in [-0.39, 0.29) is 12.2 Å². The van der Waals surface area contributed by atoms with Crippen LogP contribution in [-0.2, 0) is 26.1 Å². The third-order valence-corrected chi connectivity index (χ3v) is 11.6. The summed E-state index contributed by atoms with van der Waals surface area (Å²) in [6.45, 7) is 1.80. The van der Waals surface area contributed by atoms with Gasteiger partial charge >= 0.3 is 0 Å². The molecule has 1 aromatic heterocycles. The first-order chi connectivity index (χ1) is 20.7. The Kier molecular flexibility index (Phi) is 7.66. The molecule has 2 saturated heterocycles. The third kappa shape index (κ3) is 5.55. The molecule has 2 aliphatic heterocycles. The molecule has 4 aliphatic rings. The Morgan fingerprint density at radius 1 is 1.07 bits per heavy atom. The number of ether oxygens (including phenoxy) is 2. The van der Waals surface area contributed by atoms with Gasteiger partial charge in [0.1, 0.15) is 11.4 Å². The molecule has 10 nitrogen and oxygen atoms in total. The van der Waals surface area contributed by atoms with Gasteiger partial charge in [-0.3, -0.25) is 4.79 Å². The van der Waals surface area contributed by atoms with E-state index in [1.807, 2.05) is 6.07 Å². The van der Waals surface area contributed by atoms with Crippen LogP contribution in [0.15, 0.2) is 42.5 Å². The number of carbonyl (C=O) groups is 1. The van der Waals surface area contributed by atoms with Crippen molar-refractivity contribution in [3.63, 3.8) is 0 Å². The SMILES string of the molecule is O=C(NS(=O)(=O)C1CCOCC1)c1cccc(N2C[C@H]3CC[C@]2(OCc2c(C4CC4)nnn2-c2c(Cl)cccc2Cl)C3)c1. The second-order valence-electron chi connectivity index (χ2n) is 12.0. The average molecular weight is 647 g/mol. The summed E-state index contributed by atoms with van der Waals surface area (Å²) >= 11 is 13.1. The number of benzene rings is 2. The topological polar surface area (TPSA) is 116 Å². The van der Waals surface area contributed by atoms with Gasteiger partial charge in [-0.1, -0.05) is 40.5 Å². The zero-order valence-electron chi connectivity index (χ0n) is 23.5. The van der Waals surface area contributed by atoms with E-state index in [2.05, 4.69) is 19.9 Å². The number of amides is 1. The molecule has 2 aliphatic carbocycles. The molecular weight excluding hydrogens is 613 g/mol. The minimum absolute atomic E-state index is 0.271. The number of hydrogen-bond donors (Lipinski definition) is 1. The normalized spacial score (nSPS) is 24.0. The second kappa shape index (κ2) is 11.3. The Labute approximate surface area is 260 Å². The number of piperidine rings is 1. The van der Waals surface area contributed by atoms with Gasteiger partial charge in [0.05, 0.1) is 33.3 Å². The molecule has 13 heteroatoms. The number of aromatic nitrogens is 3. The van der Waals surface area contributed by atoms with Gasteiger partial charge in [-0.2, -0.15) is 0 Å². The maximum Gasteiger partial charge on any atom is 0.264 e. The maximum atomic E-state index is 13.1. The fraction of sp³-hybridized carbons (Fsp3) is 0.500. The smallest absolute Gasteiger partial charge is 0.264 e. The average Bonchev–Trinajstić information content (AvgIpc) is 3.48. The lowest BCUT2D eigenvalue weighted by Crippen LogP contribution is -2.47. The predicted octanol–water partition coefficient (Wildman–Crippen LogP) is 5.22. The second-order valence-corrected chi connectivity index (χ2v) is 14.7. The summed E-state index contributed by atoms with van der Waals surface area (Å²) in [5.41, 5.74) is 2.88. The predicted molar refractivity (Wildman–Crippen MR) is 162 cm³/mol. The monoisotopic (exact) mass is 645 g/mol. The first-order valence-corrected chi connectivity index (χ1v) is 17.1. The van der Waals surface area contributed by atoms with Crippen LogP contribution >= 0.6 is 23.2 Å². The summed E-state index contributed by atoms with van der Waals surface area (Å²) in [5, 5.41) is 9.29. The largest absolute Gasteiger partial charge is 0.381 e. The summed E-state index contributed by atoms with van der Waals surface area (Å²) in [4.78, 5) is 15.3. The summed E-state index contributed by atoms with van der Waals surface area (Å²) in [6, 6.07) is 12.5. The molecule has 3 aromatic rings. The Morgan fingerprint density at radius 2 is 1.81 bits per heavy atom. The van der Waals surface area contributed by atoms with Gasteiger partial charge in [-0.25, -0.2) is 17.8 Å². The van der Waals surface area contributed by atoms with Crippen LogP contribution in [0, 0.1) is 5.92 Å². The Hall–Kier alpha value is -2.70. The lowest BCUT2D eigenvalue weighted by atomic mass is 10.1. The lowest BCUT2D eigenvalue weighted by Gasteiger charge is -2.40. The van der Waals surface area contributed by atoms with Crippen LogP contribution in [0.25, 0.3) is 5.69 Å². The molecule has 0 spiro atoms. The van der Waals surface area contributed by atoms with Crippen molar-refractivity contribution in [1.82, 2.24) is 19.7 Å². The van der Waals surface area contributed by atoms with Crippen LogP contribution in [0.3, 0.4) is 0 Å². The van der Waals surface area contributed by atoms with E-state index in [1.165, 1.54) is 0 Å². The van der Waals surface area contributed by atoms with Crippen molar-refractivity contribution in [2.24, 2.45) is 5.92 Å². The van der Waals surface area contributed by atoms with E-state index in [9.17, 15) is 13.2 Å². The molecule has 3 heterocycles. The molecule has 1 N–H and O–H groups in total. The van der Waals surface area contributed by atoms with Crippen LogP contribution < -0.4 is 9.62 Å². The summed E-state index contributed by atoms with van der Waals surface area (Å²) in [6.07, 6.45) is 5.59. The zero-order chi connectivity index (χ0) is 29.8. The van der Waals surface area contributed by atoms with Crippen molar-refractivity contribution in [2.75, 3.05) is 24.7 Å².